The number of ether oxygens (including phenoxy) is 2. The minimum Gasteiger partial charge on any atom is -0.478 e. The largest absolute Gasteiger partial charge is 0.478 e. The van der Waals surface area contributed by atoms with Crippen molar-refractivity contribution >= 4 is 40.6 Å². The molecule has 0 spiro atoms. The first kappa shape index (κ1) is 26.1. The first-order valence-corrected chi connectivity index (χ1v) is 13.0. The Morgan fingerprint density at radius 1 is 0.974 bits per heavy atom. The van der Waals surface area contributed by atoms with Gasteiger partial charge in [0.15, 0.2) is 5.79 Å². The molecule has 1 N–H and O–H groups in total. The van der Waals surface area contributed by atoms with Gasteiger partial charge in [0, 0.05) is 27.8 Å². The Labute approximate surface area is 227 Å². The fourth-order valence-electron chi connectivity index (χ4n) is 4.67. The third-order valence-corrected chi connectivity index (χ3v) is 7.05. The molecule has 38 heavy (non-hydrogen) atoms. The molecule has 6 heteroatoms. The molecular formula is C32H30ClNO4. The van der Waals surface area contributed by atoms with Gasteiger partial charge >= 0.3 is 5.97 Å². The Balaban J connectivity index is 1.43. The van der Waals surface area contributed by atoms with E-state index in [0.717, 1.165) is 33.3 Å². The van der Waals surface area contributed by atoms with Gasteiger partial charge in [0.2, 0.25) is 0 Å². The zero-order valence-corrected chi connectivity index (χ0v) is 22.2. The summed E-state index contributed by atoms with van der Waals surface area (Å²) < 4.78 is 12.9. The van der Waals surface area contributed by atoms with Crippen LogP contribution in [0, 0.1) is 5.41 Å². The van der Waals surface area contributed by atoms with Crippen molar-refractivity contribution in [2.75, 3.05) is 13.2 Å². The third kappa shape index (κ3) is 5.81. The molecule has 1 saturated heterocycles. The predicted octanol–water partition coefficient (Wildman–Crippen LogP) is 7.62. The lowest BCUT2D eigenvalue weighted by Crippen LogP contribution is -2.46. The maximum Gasteiger partial charge on any atom is 0.335 e. The number of nitrogens with zero attached hydrogens (tertiary/aromatic N) is 1. The van der Waals surface area contributed by atoms with Crippen LogP contribution in [-0.4, -0.2) is 29.3 Å². The lowest BCUT2D eigenvalue weighted by molar-refractivity contribution is -0.310. The van der Waals surface area contributed by atoms with Gasteiger partial charge in [-0.25, -0.2) is 9.78 Å². The van der Waals surface area contributed by atoms with E-state index in [1.807, 2.05) is 72.8 Å². The number of carbonyl (C=O) groups is 1. The Kier molecular flexibility index (Phi) is 7.35. The number of hydrogen-bond acceptors (Lipinski definition) is 4. The van der Waals surface area contributed by atoms with E-state index in [0.29, 0.717) is 36.6 Å². The molecule has 0 bridgehead atoms. The molecule has 5 nitrogen and oxygen atoms in total. The molecule has 194 valence electrons. The molecule has 5 rings (SSSR count). The van der Waals surface area contributed by atoms with Crippen molar-refractivity contribution < 1.29 is 19.4 Å². The van der Waals surface area contributed by atoms with Gasteiger partial charge in [0.05, 0.1) is 30.0 Å². The summed E-state index contributed by atoms with van der Waals surface area (Å²) in [5.41, 5.74) is 4.52. The highest BCUT2D eigenvalue weighted by molar-refractivity contribution is 6.31. The first-order chi connectivity index (χ1) is 18.2. The van der Waals surface area contributed by atoms with Crippen molar-refractivity contribution in [2.45, 2.75) is 32.5 Å². The number of hydrogen-bond donors (Lipinski definition) is 1. The summed E-state index contributed by atoms with van der Waals surface area (Å²) in [5.74, 6) is -1.90. The van der Waals surface area contributed by atoms with Crippen molar-refractivity contribution in [2.24, 2.45) is 5.41 Å². The van der Waals surface area contributed by atoms with Crippen LogP contribution >= 0.6 is 11.6 Å². The van der Waals surface area contributed by atoms with Crippen molar-refractivity contribution in [1.82, 2.24) is 4.98 Å². The number of rotatable bonds is 7. The number of aromatic carboxylic acids is 1. The predicted molar refractivity (Wildman–Crippen MR) is 151 cm³/mol. The van der Waals surface area contributed by atoms with Crippen LogP contribution < -0.4 is 0 Å². The average molecular weight is 528 g/mol. The van der Waals surface area contributed by atoms with E-state index in [1.54, 1.807) is 12.1 Å². The normalized spacial score (nSPS) is 16.6. The number of pyridine rings is 1. The second-order valence-corrected chi connectivity index (χ2v) is 10.9. The van der Waals surface area contributed by atoms with E-state index in [1.165, 1.54) is 0 Å². The molecule has 0 unspecified atom stereocenters. The lowest BCUT2D eigenvalue weighted by atomic mass is 9.90. The summed E-state index contributed by atoms with van der Waals surface area (Å²) in [4.78, 5) is 16.5. The highest BCUT2D eigenvalue weighted by atomic mass is 35.5. The lowest BCUT2D eigenvalue weighted by Gasteiger charge is -2.44. The molecule has 0 atom stereocenters. The van der Waals surface area contributed by atoms with Gasteiger partial charge in [-0.2, -0.15) is 0 Å². The van der Waals surface area contributed by atoms with Crippen LogP contribution in [0.3, 0.4) is 0 Å². The summed E-state index contributed by atoms with van der Waals surface area (Å²) in [5, 5.41) is 11.3. The fourth-order valence-corrected chi connectivity index (χ4v) is 4.83. The van der Waals surface area contributed by atoms with Crippen LogP contribution in [0.1, 0.15) is 53.0 Å². The highest BCUT2D eigenvalue weighted by Crippen LogP contribution is 2.40. The van der Waals surface area contributed by atoms with E-state index in [-0.39, 0.29) is 5.41 Å². The summed E-state index contributed by atoms with van der Waals surface area (Å²) in [6.45, 7) is 5.30. The first-order valence-electron chi connectivity index (χ1n) is 12.7. The molecule has 4 aromatic rings. The van der Waals surface area contributed by atoms with Crippen LogP contribution in [0.25, 0.3) is 23.1 Å². The number of carboxylic acids is 1. The Bertz CT molecular complexity index is 1500. The van der Waals surface area contributed by atoms with Gasteiger partial charge in [0.1, 0.15) is 0 Å². The number of benzene rings is 3. The Morgan fingerprint density at radius 2 is 1.74 bits per heavy atom. The van der Waals surface area contributed by atoms with E-state index in [9.17, 15) is 9.90 Å². The Hall–Kier alpha value is -3.51. The van der Waals surface area contributed by atoms with E-state index >= 15 is 0 Å². The monoisotopic (exact) mass is 527 g/mol. The summed E-state index contributed by atoms with van der Waals surface area (Å²) in [7, 11) is 0. The third-order valence-electron chi connectivity index (χ3n) is 6.81. The summed E-state index contributed by atoms with van der Waals surface area (Å²) >= 11 is 6.14. The molecule has 3 aromatic carbocycles. The molecule has 2 heterocycles. The maximum atomic E-state index is 11.7. The summed E-state index contributed by atoms with van der Waals surface area (Å²) in [6, 6.07) is 24.9. The van der Waals surface area contributed by atoms with Gasteiger partial charge in [-0.1, -0.05) is 80.1 Å². The average Bonchev–Trinajstić information content (AvgIpc) is 2.91. The SMILES string of the molecule is CC1(C)COC(CCc2ccccc2C(=O)O)(c2cccc(/C=C/c3ccc4ccc(Cl)cc4n3)c2)OC1. The van der Waals surface area contributed by atoms with Crippen molar-refractivity contribution in [3.63, 3.8) is 0 Å². The van der Waals surface area contributed by atoms with Crippen LogP contribution in [0.2, 0.25) is 5.02 Å². The second kappa shape index (κ2) is 10.7. The standard InChI is InChI=1S/C32H30ClNO4/c1-31(2)20-37-32(38-21-31,17-16-23-7-3-4-9-28(23)30(35)36)25-8-5-6-22(18-25)10-14-27-15-12-24-11-13-26(33)19-29(24)34-27/h3-15,18-19H,16-17,20-21H2,1-2H3,(H,35,36)/b14-10+. The quantitative estimate of drug-likeness (QED) is 0.268. The van der Waals surface area contributed by atoms with Crippen molar-refractivity contribution in [3.05, 3.63) is 112 Å². The van der Waals surface area contributed by atoms with Crippen LogP contribution in [0.15, 0.2) is 78.9 Å². The number of aromatic nitrogens is 1. The van der Waals surface area contributed by atoms with Crippen LogP contribution in [0.5, 0.6) is 0 Å². The summed E-state index contributed by atoms with van der Waals surface area (Å²) in [6.07, 6.45) is 4.99. The molecule has 1 aliphatic rings. The number of fused-ring (bicyclic) bond motifs is 1. The molecule has 0 saturated carbocycles. The fraction of sp³-hybridized carbons (Fsp3) is 0.250. The van der Waals surface area contributed by atoms with Crippen LogP contribution in [-0.2, 0) is 21.7 Å². The Morgan fingerprint density at radius 3 is 2.53 bits per heavy atom. The van der Waals surface area contributed by atoms with Gasteiger partial charge in [-0.3, -0.25) is 0 Å². The zero-order valence-electron chi connectivity index (χ0n) is 21.5. The number of halogens is 1. The molecular weight excluding hydrogens is 498 g/mol. The molecule has 0 radical (unpaired) electrons. The maximum absolute atomic E-state index is 11.7. The van der Waals surface area contributed by atoms with E-state index in [2.05, 4.69) is 19.9 Å². The molecule has 1 aromatic heterocycles. The number of carboxylic acid groups (broad SMARTS) is 1. The van der Waals surface area contributed by atoms with Crippen molar-refractivity contribution in [3.8, 4) is 0 Å². The van der Waals surface area contributed by atoms with E-state index < -0.39 is 11.8 Å². The minimum absolute atomic E-state index is 0.107. The van der Waals surface area contributed by atoms with E-state index in [4.69, 9.17) is 26.1 Å². The van der Waals surface area contributed by atoms with Crippen LogP contribution in [0.4, 0.5) is 0 Å². The minimum atomic E-state index is -0.969. The molecule has 1 fully saturated rings. The molecule has 0 aliphatic carbocycles. The van der Waals surface area contributed by atoms with Gasteiger partial charge in [0.25, 0.3) is 0 Å². The zero-order chi connectivity index (χ0) is 26.8. The van der Waals surface area contributed by atoms with Gasteiger partial charge in [-0.15, -0.1) is 0 Å². The number of aryl methyl sites for hydroxylation is 1. The van der Waals surface area contributed by atoms with Gasteiger partial charge in [-0.05, 0) is 54.0 Å². The topological polar surface area (TPSA) is 68.7 Å². The smallest absolute Gasteiger partial charge is 0.335 e. The molecule has 1 aliphatic heterocycles. The molecule has 0 amide bonds. The van der Waals surface area contributed by atoms with Gasteiger partial charge < -0.3 is 14.6 Å². The highest BCUT2D eigenvalue weighted by Gasteiger charge is 2.42. The second-order valence-electron chi connectivity index (χ2n) is 10.5. The van der Waals surface area contributed by atoms with Crippen molar-refractivity contribution in [1.29, 1.82) is 0 Å².